The molecule has 0 aliphatic carbocycles. The Bertz CT molecular complexity index is 1100. The van der Waals surface area contributed by atoms with Crippen LogP contribution in [0.1, 0.15) is 11.1 Å². The second-order valence-corrected chi connectivity index (χ2v) is 6.68. The summed E-state index contributed by atoms with van der Waals surface area (Å²) in [5.74, 6) is 0. The Balaban J connectivity index is 0.00000256. The number of nitrogens with zero attached hydrogens (tertiary/aromatic N) is 3. The number of nitrogens with one attached hydrogen (secondary N) is 1. The van der Waals surface area contributed by atoms with Crippen molar-refractivity contribution in [2.75, 3.05) is 0 Å². The van der Waals surface area contributed by atoms with E-state index >= 15 is 0 Å². The molecule has 1 N–H and O–H groups in total. The number of para-hydroxylation sites is 1. The number of hydrogen-bond donors (Lipinski definition) is 1. The molecule has 1 aromatic heterocycles. The molecule has 6 nitrogen and oxygen atoms in total. The van der Waals surface area contributed by atoms with Gasteiger partial charge in [-0.2, -0.15) is 5.10 Å². The SMILES string of the molecule is Cl.O=[N+]([O-])c1ccc(-c2nn(-c3ccccc3)cc2CNCc2ccccc2)cc1. The highest BCUT2D eigenvalue weighted by Gasteiger charge is 2.14. The zero-order valence-electron chi connectivity index (χ0n) is 16.1. The Kier molecular flexibility index (Phi) is 6.95. The molecule has 30 heavy (non-hydrogen) atoms. The monoisotopic (exact) mass is 420 g/mol. The van der Waals surface area contributed by atoms with Crippen molar-refractivity contribution in [1.29, 1.82) is 0 Å². The first-order chi connectivity index (χ1) is 14.2. The third-order valence-electron chi connectivity index (χ3n) is 4.65. The van der Waals surface area contributed by atoms with Gasteiger partial charge in [-0.15, -0.1) is 12.4 Å². The van der Waals surface area contributed by atoms with Gasteiger partial charge in [0.1, 0.15) is 0 Å². The van der Waals surface area contributed by atoms with E-state index in [9.17, 15) is 10.1 Å². The number of non-ortho nitro benzene ring substituents is 1. The van der Waals surface area contributed by atoms with Crippen molar-refractivity contribution >= 4 is 18.1 Å². The molecule has 0 aliphatic rings. The van der Waals surface area contributed by atoms with E-state index in [-0.39, 0.29) is 18.1 Å². The maximum atomic E-state index is 11.0. The summed E-state index contributed by atoms with van der Waals surface area (Å²) in [5.41, 5.74) is 4.93. The second-order valence-electron chi connectivity index (χ2n) is 6.68. The van der Waals surface area contributed by atoms with E-state index in [4.69, 9.17) is 5.10 Å². The highest BCUT2D eigenvalue weighted by atomic mass is 35.5. The molecule has 0 fully saturated rings. The van der Waals surface area contributed by atoms with Gasteiger partial charge < -0.3 is 5.32 Å². The number of rotatable bonds is 7. The van der Waals surface area contributed by atoms with E-state index in [1.807, 2.05) is 59.4 Å². The molecule has 152 valence electrons. The first-order valence-electron chi connectivity index (χ1n) is 9.34. The normalized spacial score (nSPS) is 10.4. The van der Waals surface area contributed by atoms with Crippen LogP contribution >= 0.6 is 12.4 Å². The predicted octanol–water partition coefficient (Wildman–Crippen LogP) is 5.16. The minimum absolute atomic E-state index is 0. The average Bonchev–Trinajstić information content (AvgIpc) is 3.19. The molecule has 0 unspecified atom stereocenters. The Morgan fingerprint density at radius 1 is 0.867 bits per heavy atom. The molecule has 0 amide bonds. The van der Waals surface area contributed by atoms with Crippen LogP contribution in [0.25, 0.3) is 16.9 Å². The van der Waals surface area contributed by atoms with Crippen molar-refractivity contribution < 1.29 is 4.92 Å². The van der Waals surface area contributed by atoms with Gasteiger partial charge in [-0.25, -0.2) is 4.68 Å². The predicted molar refractivity (Wildman–Crippen MR) is 120 cm³/mol. The van der Waals surface area contributed by atoms with Gasteiger partial charge in [0.2, 0.25) is 0 Å². The molecule has 0 saturated heterocycles. The molecule has 4 rings (SSSR count). The van der Waals surface area contributed by atoms with Crippen LogP contribution in [0.3, 0.4) is 0 Å². The number of aromatic nitrogens is 2. The van der Waals surface area contributed by atoms with Crippen LogP contribution in [0.4, 0.5) is 5.69 Å². The molecule has 0 spiro atoms. The standard InChI is InChI=1S/C23H20N4O2.ClH/c28-27(29)22-13-11-19(12-14-22)23-20(16-24-15-18-7-3-1-4-8-18)17-26(25-23)21-9-5-2-6-10-21;/h1-14,17,24H,15-16H2;1H. The van der Waals surface area contributed by atoms with Crippen molar-refractivity contribution in [3.63, 3.8) is 0 Å². The molecule has 0 radical (unpaired) electrons. The van der Waals surface area contributed by atoms with Crippen molar-refractivity contribution in [3.8, 4) is 16.9 Å². The lowest BCUT2D eigenvalue weighted by molar-refractivity contribution is -0.384. The van der Waals surface area contributed by atoms with Gasteiger partial charge in [0.05, 0.1) is 16.3 Å². The van der Waals surface area contributed by atoms with E-state index in [0.29, 0.717) is 6.54 Å². The lowest BCUT2D eigenvalue weighted by Gasteiger charge is -2.05. The fourth-order valence-electron chi connectivity index (χ4n) is 3.17. The average molecular weight is 421 g/mol. The van der Waals surface area contributed by atoms with Crippen molar-refractivity contribution in [3.05, 3.63) is 112 Å². The summed E-state index contributed by atoms with van der Waals surface area (Å²) < 4.78 is 1.84. The molecule has 4 aromatic rings. The third kappa shape index (κ3) is 4.92. The summed E-state index contributed by atoms with van der Waals surface area (Å²) in [4.78, 5) is 10.6. The number of nitro groups is 1. The molecule has 7 heteroatoms. The highest BCUT2D eigenvalue weighted by molar-refractivity contribution is 5.85. The molecular formula is C23H21ClN4O2. The van der Waals surface area contributed by atoms with Crippen molar-refractivity contribution in [1.82, 2.24) is 15.1 Å². The van der Waals surface area contributed by atoms with Crippen molar-refractivity contribution in [2.24, 2.45) is 0 Å². The third-order valence-corrected chi connectivity index (χ3v) is 4.65. The van der Waals surface area contributed by atoms with Crippen LogP contribution in [0.5, 0.6) is 0 Å². The molecular weight excluding hydrogens is 400 g/mol. The van der Waals surface area contributed by atoms with Gasteiger partial charge in [-0.1, -0.05) is 48.5 Å². The van der Waals surface area contributed by atoms with Crippen LogP contribution in [0.15, 0.2) is 91.1 Å². The molecule has 3 aromatic carbocycles. The molecule has 0 saturated carbocycles. The van der Waals surface area contributed by atoms with Gasteiger partial charge in [0.15, 0.2) is 0 Å². The fourth-order valence-corrected chi connectivity index (χ4v) is 3.17. The Morgan fingerprint density at radius 2 is 1.50 bits per heavy atom. The minimum atomic E-state index is -0.394. The minimum Gasteiger partial charge on any atom is -0.308 e. The lowest BCUT2D eigenvalue weighted by Crippen LogP contribution is -2.12. The van der Waals surface area contributed by atoms with Crippen LogP contribution in [0.2, 0.25) is 0 Å². The van der Waals surface area contributed by atoms with E-state index in [1.165, 1.54) is 17.7 Å². The van der Waals surface area contributed by atoms with Crippen LogP contribution < -0.4 is 5.32 Å². The Labute approximate surface area is 180 Å². The molecule has 0 bridgehead atoms. The van der Waals surface area contributed by atoms with Gasteiger partial charge in [0.25, 0.3) is 5.69 Å². The number of hydrogen-bond acceptors (Lipinski definition) is 4. The van der Waals surface area contributed by atoms with Crippen LogP contribution in [-0.2, 0) is 13.1 Å². The zero-order valence-corrected chi connectivity index (χ0v) is 17.0. The van der Waals surface area contributed by atoms with E-state index < -0.39 is 4.92 Å². The summed E-state index contributed by atoms with van der Waals surface area (Å²) >= 11 is 0. The summed E-state index contributed by atoms with van der Waals surface area (Å²) in [6.45, 7) is 1.38. The highest BCUT2D eigenvalue weighted by Crippen LogP contribution is 2.26. The first-order valence-corrected chi connectivity index (χ1v) is 9.34. The number of halogens is 1. The largest absolute Gasteiger partial charge is 0.308 e. The number of benzene rings is 3. The van der Waals surface area contributed by atoms with Gasteiger partial charge in [-0.05, 0) is 29.8 Å². The summed E-state index contributed by atoms with van der Waals surface area (Å²) in [6, 6.07) is 26.6. The summed E-state index contributed by atoms with van der Waals surface area (Å²) in [5, 5.41) is 19.2. The van der Waals surface area contributed by atoms with Gasteiger partial charge in [-0.3, -0.25) is 10.1 Å². The fraction of sp³-hybridized carbons (Fsp3) is 0.0870. The quantitative estimate of drug-likeness (QED) is 0.331. The Morgan fingerprint density at radius 3 is 2.13 bits per heavy atom. The summed E-state index contributed by atoms with van der Waals surface area (Å²) in [6.07, 6.45) is 2.00. The maximum absolute atomic E-state index is 11.0. The second kappa shape index (κ2) is 9.82. The molecule has 1 heterocycles. The van der Waals surface area contributed by atoms with Gasteiger partial charge in [0, 0.05) is 42.5 Å². The van der Waals surface area contributed by atoms with E-state index in [2.05, 4.69) is 17.4 Å². The van der Waals surface area contributed by atoms with Gasteiger partial charge >= 0.3 is 0 Å². The topological polar surface area (TPSA) is 73.0 Å². The molecule has 0 aliphatic heterocycles. The van der Waals surface area contributed by atoms with E-state index in [0.717, 1.165) is 29.1 Å². The first kappa shape index (κ1) is 21.2. The summed E-state index contributed by atoms with van der Waals surface area (Å²) in [7, 11) is 0. The number of nitro benzene ring substituents is 1. The zero-order chi connectivity index (χ0) is 20.1. The lowest BCUT2D eigenvalue weighted by atomic mass is 10.1. The smallest absolute Gasteiger partial charge is 0.269 e. The van der Waals surface area contributed by atoms with Crippen LogP contribution in [0, 0.1) is 10.1 Å². The molecule has 0 atom stereocenters. The van der Waals surface area contributed by atoms with Crippen molar-refractivity contribution in [2.45, 2.75) is 13.1 Å². The maximum Gasteiger partial charge on any atom is 0.269 e. The van der Waals surface area contributed by atoms with E-state index in [1.54, 1.807) is 12.1 Å². The Hall–Kier alpha value is -3.48. The van der Waals surface area contributed by atoms with Crippen LogP contribution in [-0.4, -0.2) is 14.7 Å².